The van der Waals surface area contributed by atoms with Gasteiger partial charge in [-0.3, -0.25) is 9.78 Å². The predicted octanol–water partition coefficient (Wildman–Crippen LogP) is 1.48. The molecule has 0 saturated carbocycles. The molecule has 0 aliphatic carbocycles. The monoisotopic (exact) mass is 382 g/mol. The highest BCUT2D eigenvalue weighted by molar-refractivity contribution is 7.15. The maximum Gasteiger partial charge on any atom is 0.231 e. The van der Waals surface area contributed by atoms with Gasteiger partial charge in [-0.1, -0.05) is 17.4 Å². The van der Waals surface area contributed by atoms with E-state index in [0.29, 0.717) is 22.6 Å². The number of aromatic nitrogens is 5. The summed E-state index contributed by atoms with van der Waals surface area (Å²) in [4.78, 5) is 18.4. The number of hydrogen-bond acceptors (Lipinski definition) is 9. The fraction of sp³-hybridized carbons (Fsp3) is 0.294. The van der Waals surface area contributed by atoms with E-state index >= 15 is 0 Å². The molecule has 0 radical (unpaired) electrons. The van der Waals surface area contributed by atoms with Crippen molar-refractivity contribution in [3.05, 3.63) is 47.2 Å². The maximum absolute atomic E-state index is 12.1. The van der Waals surface area contributed by atoms with Crippen LogP contribution >= 0.6 is 11.3 Å². The van der Waals surface area contributed by atoms with E-state index in [4.69, 9.17) is 5.73 Å². The highest BCUT2D eigenvalue weighted by atomic mass is 32.1. The first-order valence-corrected chi connectivity index (χ1v) is 9.36. The Balaban J connectivity index is 1.34. The van der Waals surface area contributed by atoms with Gasteiger partial charge in [0.25, 0.3) is 0 Å². The Morgan fingerprint density at radius 2 is 2.15 bits per heavy atom. The zero-order valence-corrected chi connectivity index (χ0v) is 15.3. The van der Waals surface area contributed by atoms with Crippen LogP contribution in [0.2, 0.25) is 0 Å². The summed E-state index contributed by atoms with van der Waals surface area (Å²) in [6, 6.07) is 9.09. The molecule has 3 aromatic rings. The maximum atomic E-state index is 12.1. The van der Waals surface area contributed by atoms with Crippen LogP contribution in [0.15, 0.2) is 36.5 Å². The van der Waals surface area contributed by atoms with Gasteiger partial charge in [-0.05, 0) is 30.7 Å². The van der Waals surface area contributed by atoms with E-state index in [-0.39, 0.29) is 12.3 Å². The van der Waals surface area contributed by atoms with Gasteiger partial charge in [0.2, 0.25) is 11.0 Å². The van der Waals surface area contributed by atoms with Crippen molar-refractivity contribution in [2.75, 3.05) is 29.0 Å². The molecule has 0 spiro atoms. The molecule has 1 aliphatic rings. The Labute approximate surface area is 159 Å². The molecular weight excluding hydrogens is 364 g/mol. The van der Waals surface area contributed by atoms with E-state index in [9.17, 15) is 4.79 Å². The Kier molecular flexibility index (Phi) is 4.88. The number of nitrogens with one attached hydrogen (secondary N) is 1. The lowest BCUT2D eigenvalue weighted by atomic mass is 10.1. The van der Waals surface area contributed by atoms with Crippen molar-refractivity contribution >= 4 is 34.0 Å². The van der Waals surface area contributed by atoms with Crippen molar-refractivity contribution in [1.29, 1.82) is 0 Å². The van der Waals surface area contributed by atoms with Gasteiger partial charge in [-0.25, -0.2) is 0 Å². The number of pyridine rings is 1. The summed E-state index contributed by atoms with van der Waals surface area (Å²) in [5.74, 6) is 1.33. The third-order valence-electron chi connectivity index (χ3n) is 4.30. The lowest BCUT2D eigenvalue weighted by Gasteiger charge is -2.16. The quantitative estimate of drug-likeness (QED) is 0.680. The Bertz CT molecular complexity index is 914. The highest BCUT2D eigenvalue weighted by Crippen LogP contribution is 2.31. The van der Waals surface area contributed by atoms with Crippen molar-refractivity contribution in [3.8, 4) is 0 Å². The first kappa shape index (κ1) is 17.3. The summed E-state index contributed by atoms with van der Waals surface area (Å²) in [5.41, 5.74) is 6.38. The molecule has 1 fully saturated rings. The van der Waals surface area contributed by atoms with E-state index < -0.39 is 0 Å². The average Bonchev–Trinajstić information content (AvgIpc) is 3.32. The lowest BCUT2D eigenvalue weighted by Crippen LogP contribution is -2.21. The highest BCUT2D eigenvalue weighted by Gasteiger charge is 2.27. The van der Waals surface area contributed by atoms with Crippen LogP contribution in [0.3, 0.4) is 0 Å². The standard InChI is InChI=1S/C17H18N8OS/c18-17-24-23-16(27-17)11-6-8-25(10-11)14-5-4-13(21-22-14)20-15(26)9-12-3-1-2-7-19-12/h1-5,7,11H,6,8-10H2,(H2,18,24)(H,20,21,26). The molecule has 0 bridgehead atoms. The first-order valence-electron chi connectivity index (χ1n) is 8.54. The van der Waals surface area contributed by atoms with Gasteiger partial charge in [0.15, 0.2) is 11.6 Å². The lowest BCUT2D eigenvalue weighted by molar-refractivity contribution is -0.115. The number of nitrogens with two attached hydrogens (primary N) is 1. The van der Waals surface area contributed by atoms with E-state index in [1.54, 1.807) is 12.3 Å². The fourth-order valence-electron chi connectivity index (χ4n) is 3.00. The molecule has 1 amide bonds. The van der Waals surface area contributed by atoms with Gasteiger partial charge >= 0.3 is 0 Å². The van der Waals surface area contributed by atoms with Crippen LogP contribution in [0.1, 0.15) is 23.0 Å². The molecule has 27 heavy (non-hydrogen) atoms. The van der Waals surface area contributed by atoms with Gasteiger partial charge in [0, 0.05) is 30.9 Å². The summed E-state index contributed by atoms with van der Waals surface area (Å²) in [7, 11) is 0. The normalized spacial score (nSPS) is 16.4. The second kappa shape index (κ2) is 7.62. The molecule has 0 aromatic carbocycles. The topological polar surface area (TPSA) is 123 Å². The zero-order valence-electron chi connectivity index (χ0n) is 14.4. The molecule has 1 atom stereocenters. The minimum atomic E-state index is -0.175. The van der Waals surface area contributed by atoms with Crippen molar-refractivity contribution < 1.29 is 4.79 Å². The number of carbonyl (C=O) groups is 1. The number of amides is 1. The van der Waals surface area contributed by atoms with E-state index in [2.05, 4.69) is 35.6 Å². The Morgan fingerprint density at radius 3 is 2.85 bits per heavy atom. The van der Waals surface area contributed by atoms with Gasteiger partial charge in [-0.2, -0.15) is 0 Å². The molecule has 10 heteroatoms. The van der Waals surface area contributed by atoms with Crippen LogP contribution in [0, 0.1) is 0 Å². The van der Waals surface area contributed by atoms with Gasteiger partial charge in [0.1, 0.15) is 5.01 Å². The van der Waals surface area contributed by atoms with Crippen molar-refractivity contribution in [2.45, 2.75) is 18.8 Å². The molecule has 9 nitrogen and oxygen atoms in total. The van der Waals surface area contributed by atoms with E-state index in [1.807, 2.05) is 24.3 Å². The van der Waals surface area contributed by atoms with Crippen LogP contribution in [-0.4, -0.2) is 44.4 Å². The summed E-state index contributed by atoms with van der Waals surface area (Å²) >= 11 is 1.43. The first-order chi connectivity index (χ1) is 13.2. The molecule has 138 valence electrons. The minimum absolute atomic E-state index is 0.175. The van der Waals surface area contributed by atoms with Gasteiger partial charge in [0.05, 0.1) is 6.42 Å². The fourth-order valence-corrected chi connectivity index (χ4v) is 3.73. The van der Waals surface area contributed by atoms with Gasteiger partial charge in [-0.15, -0.1) is 20.4 Å². The molecule has 4 rings (SSSR count). The number of nitrogen functional groups attached to an aromatic ring is 1. The van der Waals surface area contributed by atoms with Gasteiger partial charge < -0.3 is 16.0 Å². The van der Waals surface area contributed by atoms with Crippen molar-refractivity contribution in [1.82, 2.24) is 25.4 Å². The summed E-state index contributed by atoms with van der Waals surface area (Å²) in [5, 5.41) is 20.6. The molecule has 1 saturated heterocycles. The molecule has 1 unspecified atom stereocenters. The number of hydrogen-bond donors (Lipinski definition) is 2. The second-order valence-corrected chi connectivity index (χ2v) is 7.27. The largest absolute Gasteiger partial charge is 0.374 e. The van der Waals surface area contributed by atoms with Crippen LogP contribution in [-0.2, 0) is 11.2 Å². The SMILES string of the molecule is Nc1nnc(C2CCN(c3ccc(NC(=O)Cc4ccccn4)nn3)C2)s1. The smallest absolute Gasteiger partial charge is 0.231 e. The molecule has 1 aliphatic heterocycles. The van der Waals surface area contributed by atoms with E-state index in [0.717, 1.165) is 30.3 Å². The number of carbonyl (C=O) groups excluding carboxylic acids is 1. The minimum Gasteiger partial charge on any atom is -0.374 e. The van der Waals surface area contributed by atoms with Crippen LogP contribution < -0.4 is 16.0 Å². The van der Waals surface area contributed by atoms with Crippen molar-refractivity contribution in [2.24, 2.45) is 0 Å². The summed E-state index contributed by atoms with van der Waals surface area (Å²) in [6.45, 7) is 1.67. The summed E-state index contributed by atoms with van der Waals surface area (Å²) in [6.07, 6.45) is 2.83. The molecular formula is C17H18N8OS. The second-order valence-electron chi connectivity index (χ2n) is 6.23. The Hall–Kier alpha value is -3.14. The molecule has 3 N–H and O–H groups in total. The van der Waals surface area contributed by atoms with Crippen LogP contribution in [0.5, 0.6) is 0 Å². The summed E-state index contributed by atoms with van der Waals surface area (Å²) < 4.78 is 0. The molecule has 4 heterocycles. The third kappa shape index (κ3) is 4.17. The molecule has 3 aromatic heterocycles. The average molecular weight is 382 g/mol. The third-order valence-corrected chi connectivity index (χ3v) is 5.22. The predicted molar refractivity (Wildman–Crippen MR) is 102 cm³/mol. The van der Waals surface area contributed by atoms with Crippen LogP contribution in [0.25, 0.3) is 0 Å². The number of anilines is 3. The number of nitrogens with zero attached hydrogens (tertiary/aromatic N) is 6. The zero-order chi connectivity index (χ0) is 18.6. The number of rotatable bonds is 5. The van der Waals surface area contributed by atoms with E-state index in [1.165, 1.54) is 11.3 Å². The van der Waals surface area contributed by atoms with Crippen molar-refractivity contribution in [3.63, 3.8) is 0 Å². The Morgan fingerprint density at radius 1 is 1.22 bits per heavy atom. The van der Waals surface area contributed by atoms with Crippen LogP contribution in [0.4, 0.5) is 16.8 Å².